The second-order valence-corrected chi connectivity index (χ2v) is 4.11. The number of benzene rings is 1. The minimum atomic E-state index is -0.761. The van der Waals surface area contributed by atoms with Crippen LogP contribution in [0.4, 0.5) is 4.79 Å². The van der Waals surface area contributed by atoms with Crippen molar-refractivity contribution >= 4 is 23.9 Å². The minimum absolute atomic E-state index is 0.0187. The number of hydrogen-bond acceptors (Lipinski definition) is 4. The van der Waals surface area contributed by atoms with Crippen LogP contribution in [0.3, 0.4) is 0 Å². The smallest absolute Gasteiger partial charge is 0.331 e. The van der Waals surface area contributed by atoms with Crippen LogP contribution in [0.1, 0.15) is 5.56 Å². The van der Waals surface area contributed by atoms with E-state index in [1.807, 2.05) is 0 Å². The summed E-state index contributed by atoms with van der Waals surface area (Å²) in [4.78, 5) is 36.2. The lowest BCUT2D eigenvalue weighted by Crippen LogP contribution is -2.54. The molecule has 0 atom stereocenters. The van der Waals surface area contributed by atoms with E-state index in [2.05, 4.69) is 11.9 Å². The summed E-state index contributed by atoms with van der Waals surface area (Å²) in [7, 11) is 0. The van der Waals surface area contributed by atoms with Crippen molar-refractivity contribution in [1.82, 2.24) is 10.2 Å². The van der Waals surface area contributed by atoms with Crippen molar-refractivity contribution < 1.29 is 19.5 Å². The average molecular weight is 272 g/mol. The van der Waals surface area contributed by atoms with Gasteiger partial charge in [-0.2, -0.15) is 0 Å². The van der Waals surface area contributed by atoms with E-state index in [0.717, 1.165) is 4.90 Å². The van der Waals surface area contributed by atoms with Gasteiger partial charge in [-0.25, -0.2) is 4.79 Å². The van der Waals surface area contributed by atoms with Gasteiger partial charge < -0.3 is 5.11 Å². The van der Waals surface area contributed by atoms with E-state index in [4.69, 9.17) is 0 Å². The van der Waals surface area contributed by atoms with Gasteiger partial charge in [-0.3, -0.25) is 19.8 Å². The predicted octanol–water partition coefficient (Wildman–Crippen LogP) is 1.04. The number of amides is 4. The van der Waals surface area contributed by atoms with Gasteiger partial charge in [0.05, 0.1) is 0 Å². The number of imide groups is 2. The minimum Gasteiger partial charge on any atom is -0.508 e. The Bertz CT molecular complexity index is 617. The predicted molar refractivity (Wildman–Crippen MR) is 71.5 cm³/mol. The first-order valence-corrected chi connectivity index (χ1v) is 5.81. The summed E-state index contributed by atoms with van der Waals surface area (Å²) in [6, 6.07) is 5.21. The molecule has 0 unspecified atom stereocenters. The van der Waals surface area contributed by atoms with Gasteiger partial charge >= 0.3 is 6.03 Å². The highest BCUT2D eigenvalue weighted by Gasteiger charge is 2.34. The number of carbonyl (C=O) groups excluding carboxylic acids is 3. The third-order valence-electron chi connectivity index (χ3n) is 2.70. The van der Waals surface area contributed by atoms with Crippen LogP contribution in [0.15, 0.2) is 42.5 Å². The van der Waals surface area contributed by atoms with E-state index < -0.39 is 17.8 Å². The Morgan fingerprint density at radius 3 is 2.45 bits per heavy atom. The van der Waals surface area contributed by atoms with E-state index in [1.165, 1.54) is 24.3 Å². The molecule has 6 heteroatoms. The van der Waals surface area contributed by atoms with Crippen molar-refractivity contribution in [2.75, 3.05) is 6.54 Å². The number of urea groups is 1. The fraction of sp³-hybridized carbons (Fsp3) is 0.0714. The van der Waals surface area contributed by atoms with Crippen LogP contribution in [0, 0.1) is 0 Å². The first-order chi connectivity index (χ1) is 9.52. The van der Waals surface area contributed by atoms with Crippen LogP contribution < -0.4 is 5.32 Å². The molecule has 1 aromatic rings. The Morgan fingerprint density at radius 1 is 1.20 bits per heavy atom. The Hall–Kier alpha value is -2.89. The molecule has 1 aromatic carbocycles. The second-order valence-electron chi connectivity index (χ2n) is 4.11. The van der Waals surface area contributed by atoms with Crippen molar-refractivity contribution in [2.45, 2.75) is 0 Å². The van der Waals surface area contributed by atoms with Crippen molar-refractivity contribution in [3.8, 4) is 5.75 Å². The number of aromatic hydroxyl groups is 1. The quantitative estimate of drug-likeness (QED) is 0.489. The van der Waals surface area contributed by atoms with Crippen LogP contribution in [-0.4, -0.2) is 34.4 Å². The Labute approximate surface area is 115 Å². The third kappa shape index (κ3) is 2.59. The van der Waals surface area contributed by atoms with Crippen molar-refractivity contribution in [2.24, 2.45) is 0 Å². The lowest BCUT2D eigenvalue weighted by molar-refractivity contribution is -0.129. The van der Waals surface area contributed by atoms with E-state index in [9.17, 15) is 19.5 Å². The molecule has 1 aliphatic rings. The van der Waals surface area contributed by atoms with Gasteiger partial charge in [0.25, 0.3) is 11.8 Å². The molecule has 1 fully saturated rings. The van der Waals surface area contributed by atoms with Gasteiger partial charge in [-0.1, -0.05) is 18.2 Å². The monoisotopic (exact) mass is 272 g/mol. The number of phenols is 1. The number of carbonyl (C=O) groups is 3. The van der Waals surface area contributed by atoms with Gasteiger partial charge in [0.2, 0.25) is 0 Å². The van der Waals surface area contributed by atoms with Gasteiger partial charge in [0.1, 0.15) is 11.3 Å². The molecular weight excluding hydrogens is 260 g/mol. The highest BCUT2D eigenvalue weighted by atomic mass is 16.3. The van der Waals surface area contributed by atoms with Crippen molar-refractivity contribution in [3.63, 3.8) is 0 Å². The maximum Gasteiger partial charge on any atom is 0.331 e. The molecule has 1 heterocycles. The number of barbiturate groups is 1. The number of phenolic OH excluding ortho intramolecular Hbond substituents is 1. The van der Waals surface area contributed by atoms with Gasteiger partial charge in [-0.15, -0.1) is 6.58 Å². The maximum atomic E-state index is 12.1. The number of nitrogens with zero attached hydrogens (tertiary/aromatic N) is 1. The molecule has 2 N–H and O–H groups in total. The fourth-order valence-corrected chi connectivity index (χ4v) is 1.73. The van der Waals surface area contributed by atoms with Crippen LogP contribution in [0.5, 0.6) is 5.75 Å². The summed E-state index contributed by atoms with van der Waals surface area (Å²) in [5.74, 6) is -1.34. The molecule has 0 aliphatic carbocycles. The molecule has 102 valence electrons. The molecule has 0 bridgehead atoms. The molecular formula is C14H12N2O4. The third-order valence-corrected chi connectivity index (χ3v) is 2.70. The molecule has 4 amide bonds. The van der Waals surface area contributed by atoms with E-state index in [0.29, 0.717) is 5.56 Å². The molecule has 1 aliphatic heterocycles. The Kier molecular flexibility index (Phi) is 3.65. The largest absolute Gasteiger partial charge is 0.508 e. The topological polar surface area (TPSA) is 86.7 Å². The SMILES string of the molecule is C=CCN1C(=O)NC(=O)/C(=C\c2ccc(O)cc2)C1=O. The standard InChI is InChI=1S/C14H12N2O4/c1-2-7-16-13(19)11(12(18)15-14(16)20)8-9-3-5-10(17)6-4-9/h2-6,8,17H,1,7H2,(H,15,18,20)/b11-8+. The van der Waals surface area contributed by atoms with Crippen molar-refractivity contribution in [1.29, 1.82) is 0 Å². The first-order valence-electron chi connectivity index (χ1n) is 5.81. The zero-order chi connectivity index (χ0) is 14.7. The molecule has 0 aromatic heterocycles. The number of nitrogens with one attached hydrogen (secondary N) is 1. The fourth-order valence-electron chi connectivity index (χ4n) is 1.73. The molecule has 2 rings (SSSR count). The molecule has 0 saturated carbocycles. The van der Waals surface area contributed by atoms with Crippen LogP contribution in [0.25, 0.3) is 6.08 Å². The normalized spacial score (nSPS) is 17.3. The highest BCUT2D eigenvalue weighted by Crippen LogP contribution is 2.16. The van der Waals surface area contributed by atoms with Crippen LogP contribution in [0.2, 0.25) is 0 Å². The summed E-state index contributed by atoms with van der Waals surface area (Å²) in [5, 5.41) is 11.3. The lowest BCUT2D eigenvalue weighted by Gasteiger charge is -2.25. The molecule has 1 saturated heterocycles. The Morgan fingerprint density at radius 2 is 1.85 bits per heavy atom. The van der Waals surface area contributed by atoms with Gasteiger partial charge in [0.15, 0.2) is 0 Å². The van der Waals surface area contributed by atoms with E-state index >= 15 is 0 Å². The second kappa shape index (κ2) is 5.40. The number of hydrogen-bond donors (Lipinski definition) is 2. The number of rotatable bonds is 3. The molecule has 0 spiro atoms. The summed E-state index contributed by atoms with van der Waals surface area (Å²) < 4.78 is 0. The summed E-state index contributed by atoms with van der Waals surface area (Å²) >= 11 is 0. The summed E-state index contributed by atoms with van der Waals surface area (Å²) in [5.41, 5.74) is 0.423. The first kappa shape index (κ1) is 13.5. The van der Waals surface area contributed by atoms with Gasteiger partial charge in [-0.05, 0) is 23.8 Å². The van der Waals surface area contributed by atoms with Crippen LogP contribution in [-0.2, 0) is 9.59 Å². The Balaban J connectivity index is 2.36. The average Bonchev–Trinajstić information content (AvgIpc) is 2.41. The van der Waals surface area contributed by atoms with E-state index in [1.54, 1.807) is 12.1 Å². The van der Waals surface area contributed by atoms with Crippen LogP contribution >= 0.6 is 0 Å². The molecule has 0 radical (unpaired) electrons. The van der Waals surface area contributed by atoms with E-state index in [-0.39, 0.29) is 17.9 Å². The summed E-state index contributed by atoms with van der Waals surface area (Å²) in [6.07, 6.45) is 2.76. The highest BCUT2D eigenvalue weighted by molar-refractivity contribution is 6.31. The zero-order valence-corrected chi connectivity index (χ0v) is 10.5. The lowest BCUT2D eigenvalue weighted by atomic mass is 10.1. The van der Waals surface area contributed by atoms with Gasteiger partial charge in [0, 0.05) is 6.54 Å². The zero-order valence-electron chi connectivity index (χ0n) is 10.5. The maximum absolute atomic E-state index is 12.1. The molecule has 20 heavy (non-hydrogen) atoms. The molecule has 6 nitrogen and oxygen atoms in total. The summed E-state index contributed by atoms with van der Waals surface area (Å²) in [6.45, 7) is 3.47. The van der Waals surface area contributed by atoms with Crippen molar-refractivity contribution in [3.05, 3.63) is 48.1 Å².